The molecule has 70 valence electrons. The quantitative estimate of drug-likeness (QED) is 0.713. The molecule has 0 spiro atoms. The van der Waals surface area contributed by atoms with E-state index in [-0.39, 0.29) is 5.54 Å². The topological polar surface area (TPSA) is 38.0 Å². The molecule has 13 heavy (non-hydrogen) atoms. The summed E-state index contributed by atoms with van der Waals surface area (Å²) in [6, 6.07) is 6.04. The number of nitrogens with one attached hydrogen (secondary N) is 1. The number of hydrogen-bond acceptors (Lipinski definition) is 2. The highest BCUT2D eigenvalue weighted by Gasteiger charge is 2.35. The Kier molecular flexibility index (Phi) is 2.06. The fourth-order valence-electron chi connectivity index (χ4n) is 1.61. The molecule has 1 heterocycles. The van der Waals surface area contributed by atoms with Crippen LogP contribution >= 0.6 is 11.6 Å². The fourth-order valence-corrected chi connectivity index (χ4v) is 2.03. The van der Waals surface area contributed by atoms with Gasteiger partial charge in [-0.1, -0.05) is 23.7 Å². The second kappa shape index (κ2) is 2.98. The van der Waals surface area contributed by atoms with Gasteiger partial charge in [0, 0.05) is 18.1 Å². The molecule has 1 aromatic carbocycles. The van der Waals surface area contributed by atoms with Crippen molar-refractivity contribution >= 4 is 11.6 Å². The van der Waals surface area contributed by atoms with Gasteiger partial charge in [0.15, 0.2) is 0 Å². The van der Waals surface area contributed by atoms with Crippen LogP contribution in [0.3, 0.4) is 0 Å². The average molecular weight is 197 g/mol. The summed E-state index contributed by atoms with van der Waals surface area (Å²) in [6.45, 7) is 3.66. The van der Waals surface area contributed by atoms with E-state index in [0.717, 1.165) is 23.7 Å². The summed E-state index contributed by atoms with van der Waals surface area (Å²) in [5.41, 5.74) is 8.11. The SMILES string of the molecule is Cc1ccc(C2(N)CNC2)c(Cl)c1. The van der Waals surface area contributed by atoms with Gasteiger partial charge < -0.3 is 11.1 Å². The molecule has 0 radical (unpaired) electrons. The molecule has 1 aliphatic heterocycles. The van der Waals surface area contributed by atoms with Crippen molar-refractivity contribution in [2.45, 2.75) is 12.5 Å². The van der Waals surface area contributed by atoms with Crippen LogP contribution in [0.15, 0.2) is 18.2 Å². The molecule has 0 aromatic heterocycles. The van der Waals surface area contributed by atoms with Crippen molar-refractivity contribution in [1.82, 2.24) is 5.32 Å². The van der Waals surface area contributed by atoms with Crippen LogP contribution in [0.4, 0.5) is 0 Å². The number of benzene rings is 1. The fraction of sp³-hybridized carbons (Fsp3) is 0.400. The monoisotopic (exact) mass is 196 g/mol. The van der Waals surface area contributed by atoms with Gasteiger partial charge in [-0.25, -0.2) is 0 Å². The Labute approximate surface area is 83.1 Å². The lowest BCUT2D eigenvalue weighted by molar-refractivity contribution is 0.287. The van der Waals surface area contributed by atoms with Crippen LogP contribution in [-0.4, -0.2) is 13.1 Å². The van der Waals surface area contributed by atoms with Gasteiger partial charge in [0.1, 0.15) is 0 Å². The maximum atomic E-state index is 6.13. The lowest BCUT2D eigenvalue weighted by atomic mass is 9.85. The van der Waals surface area contributed by atoms with Crippen LogP contribution in [0.25, 0.3) is 0 Å². The van der Waals surface area contributed by atoms with E-state index in [4.69, 9.17) is 17.3 Å². The summed E-state index contributed by atoms with van der Waals surface area (Å²) < 4.78 is 0. The van der Waals surface area contributed by atoms with Gasteiger partial charge in [-0.15, -0.1) is 0 Å². The number of hydrogen-bond donors (Lipinski definition) is 2. The first kappa shape index (κ1) is 9.00. The molecule has 0 atom stereocenters. The van der Waals surface area contributed by atoms with Crippen molar-refractivity contribution in [1.29, 1.82) is 0 Å². The number of rotatable bonds is 1. The molecule has 1 aliphatic rings. The van der Waals surface area contributed by atoms with Crippen LogP contribution in [0, 0.1) is 6.92 Å². The summed E-state index contributed by atoms with van der Waals surface area (Å²) in [5, 5.41) is 3.94. The minimum atomic E-state index is -0.245. The Hall–Kier alpha value is -0.570. The lowest BCUT2D eigenvalue weighted by Gasteiger charge is -2.40. The molecule has 3 N–H and O–H groups in total. The molecule has 0 bridgehead atoms. The smallest absolute Gasteiger partial charge is 0.0676 e. The third-order valence-electron chi connectivity index (χ3n) is 2.54. The highest BCUT2D eigenvalue weighted by atomic mass is 35.5. The minimum Gasteiger partial charge on any atom is -0.319 e. The van der Waals surface area contributed by atoms with Gasteiger partial charge in [-0.2, -0.15) is 0 Å². The van der Waals surface area contributed by atoms with Crippen LogP contribution in [0.2, 0.25) is 5.02 Å². The number of nitrogens with two attached hydrogens (primary N) is 1. The van der Waals surface area contributed by atoms with Gasteiger partial charge in [0.05, 0.1) is 5.54 Å². The van der Waals surface area contributed by atoms with E-state index >= 15 is 0 Å². The third-order valence-corrected chi connectivity index (χ3v) is 2.85. The van der Waals surface area contributed by atoms with Crippen LogP contribution < -0.4 is 11.1 Å². The maximum Gasteiger partial charge on any atom is 0.0676 e. The number of aryl methyl sites for hydroxylation is 1. The molecule has 1 aromatic rings. The maximum absolute atomic E-state index is 6.13. The summed E-state index contributed by atoms with van der Waals surface area (Å²) >= 11 is 6.12. The Morgan fingerprint density at radius 1 is 1.46 bits per heavy atom. The molecule has 1 fully saturated rings. The van der Waals surface area contributed by atoms with E-state index in [1.165, 1.54) is 5.56 Å². The molecular weight excluding hydrogens is 184 g/mol. The predicted molar refractivity (Wildman–Crippen MR) is 54.9 cm³/mol. The second-order valence-corrected chi connectivity index (χ2v) is 4.15. The summed E-state index contributed by atoms with van der Waals surface area (Å²) in [6.07, 6.45) is 0. The highest BCUT2D eigenvalue weighted by Crippen LogP contribution is 2.29. The standard InChI is InChI=1S/C10H13ClN2/c1-7-2-3-8(9(11)4-7)10(12)5-13-6-10/h2-4,13H,5-6,12H2,1H3. The van der Waals surface area contributed by atoms with Gasteiger partial charge in [0.25, 0.3) is 0 Å². The normalized spacial score (nSPS) is 19.6. The first-order valence-electron chi connectivity index (χ1n) is 4.38. The molecule has 0 unspecified atom stereocenters. The zero-order chi connectivity index (χ0) is 9.47. The first-order valence-corrected chi connectivity index (χ1v) is 4.76. The largest absolute Gasteiger partial charge is 0.319 e. The van der Waals surface area contributed by atoms with E-state index in [1.807, 2.05) is 25.1 Å². The molecule has 2 rings (SSSR count). The number of halogens is 1. The predicted octanol–water partition coefficient (Wildman–Crippen LogP) is 1.41. The van der Waals surface area contributed by atoms with Crippen molar-refractivity contribution in [2.24, 2.45) is 5.73 Å². The molecule has 0 aliphatic carbocycles. The molecule has 1 saturated heterocycles. The van der Waals surface area contributed by atoms with E-state index in [9.17, 15) is 0 Å². The molecule has 0 saturated carbocycles. The first-order chi connectivity index (χ1) is 6.12. The molecule has 2 nitrogen and oxygen atoms in total. The van der Waals surface area contributed by atoms with Gasteiger partial charge in [-0.05, 0) is 24.1 Å². The summed E-state index contributed by atoms with van der Waals surface area (Å²) in [5.74, 6) is 0. The van der Waals surface area contributed by atoms with Gasteiger partial charge >= 0.3 is 0 Å². The van der Waals surface area contributed by atoms with Crippen molar-refractivity contribution in [2.75, 3.05) is 13.1 Å². The van der Waals surface area contributed by atoms with Crippen molar-refractivity contribution in [3.8, 4) is 0 Å². The zero-order valence-corrected chi connectivity index (χ0v) is 8.36. The summed E-state index contributed by atoms with van der Waals surface area (Å²) in [7, 11) is 0. The molecule has 3 heteroatoms. The van der Waals surface area contributed by atoms with E-state index in [1.54, 1.807) is 0 Å². The Morgan fingerprint density at radius 3 is 2.62 bits per heavy atom. The van der Waals surface area contributed by atoms with Crippen molar-refractivity contribution < 1.29 is 0 Å². The van der Waals surface area contributed by atoms with Gasteiger partial charge in [-0.3, -0.25) is 0 Å². The van der Waals surface area contributed by atoms with Gasteiger partial charge in [0.2, 0.25) is 0 Å². The molecule has 0 amide bonds. The van der Waals surface area contributed by atoms with E-state index < -0.39 is 0 Å². The Bertz CT molecular complexity index is 332. The van der Waals surface area contributed by atoms with Crippen LogP contribution in [0.1, 0.15) is 11.1 Å². The third kappa shape index (κ3) is 1.46. The minimum absolute atomic E-state index is 0.245. The lowest BCUT2D eigenvalue weighted by Crippen LogP contribution is -2.62. The van der Waals surface area contributed by atoms with Crippen molar-refractivity contribution in [3.63, 3.8) is 0 Å². The Balaban J connectivity index is 2.40. The molecular formula is C10H13ClN2. The van der Waals surface area contributed by atoms with E-state index in [0.29, 0.717) is 0 Å². The summed E-state index contributed by atoms with van der Waals surface area (Å²) in [4.78, 5) is 0. The Morgan fingerprint density at radius 2 is 2.15 bits per heavy atom. The van der Waals surface area contributed by atoms with Crippen molar-refractivity contribution in [3.05, 3.63) is 34.3 Å². The zero-order valence-electron chi connectivity index (χ0n) is 7.60. The highest BCUT2D eigenvalue weighted by molar-refractivity contribution is 6.31. The van der Waals surface area contributed by atoms with Crippen LogP contribution in [-0.2, 0) is 5.54 Å². The van der Waals surface area contributed by atoms with Crippen LogP contribution in [0.5, 0.6) is 0 Å². The second-order valence-electron chi connectivity index (χ2n) is 3.74. The average Bonchev–Trinajstić information content (AvgIpc) is 2.00. The van der Waals surface area contributed by atoms with E-state index in [2.05, 4.69) is 5.32 Å².